The Morgan fingerprint density at radius 2 is 1.73 bits per heavy atom. The van der Waals surface area contributed by atoms with Gasteiger partial charge in [-0.2, -0.15) is 0 Å². The first-order valence-corrected chi connectivity index (χ1v) is 4.59. The van der Waals surface area contributed by atoms with E-state index in [2.05, 4.69) is 15.9 Å². The Morgan fingerprint density at radius 1 is 1.27 bits per heavy atom. The fraction of sp³-hybridized carbons (Fsp3) is 0.333. The fourth-order valence-electron chi connectivity index (χ4n) is 1.11. The summed E-state index contributed by atoms with van der Waals surface area (Å²) < 4.78 is 13.0. The van der Waals surface area contributed by atoms with E-state index in [1.165, 1.54) is 0 Å². The predicted octanol–water partition coefficient (Wildman–Crippen LogP) is 3.34. The van der Waals surface area contributed by atoms with E-state index >= 15 is 0 Å². The van der Waals surface area contributed by atoms with E-state index in [1.54, 1.807) is 13.8 Å². The van der Waals surface area contributed by atoms with Crippen molar-refractivity contribution in [2.24, 2.45) is 0 Å². The van der Waals surface area contributed by atoms with E-state index in [1.807, 2.05) is 12.1 Å². The maximum absolute atomic E-state index is 13.0. The van der Waals surface area contributed by atoms with Crippen LogP contribution in [0.2, 0.25) is 0 Å². The molecule has 2 heteroatoms. The zero-order valence-corrected chi connectivity index (χ0v) is 8.20. The Labute approximate surface area is 74.6 Å². The van der Waals surface area contributed by atoms with Crippen molar-refractivity contribution in [3.05, 3.63) is 34.6 Å². The SMILES string of the molecule is Cc1cc(CBr)cc(C)c1F. The summed E-state index contributed by atoms with van der Waals surface area (Å²) in [5, 5.41) is 0.787. The molecule has 60 valence electrons. The zero-order valence-electron chi connectivity index (χ0n) is 6.62. The first-order chi connectivity index (χ1) is 5.15. The molecule has 1 aromatic carbocycles. The van der Waals surface area contributed by atoms with E-state index in [-0.39, 0.29) is 5.82 Å². The van der Waals surface area contributed by atoms with Crippen molar-refractivity contribution in [3.63, 3.8) is 0 Å². The Kier molecular flexibility index (Phi) is 2.66. The van der Waals surface area contributed by atoms with Gasteiger partial charge in [-0.1, -0.05) is 28.1 Å². The summed E-state index contributed by atoms with van der Waals surface area (Å²) in [6.45, 7) is 3.57. The highest BCUT2D eigenvalue weighted by Crippen LogP contribution is 2.16. The van der Waals surface area contributed by atoms with Crippen LogP contribution in [0, 0.1) is 19.7 Å². The molecular formula is C9H10BrF. The number of alkyl halides is 1. The summed E-state index contributed by atoms with van der Waals surface area (Å²) in [7, 11) is 0. The van der Waals surface area contributed by atoms with Gasteiger partial charge in [0.2, 0.25) is 0 Å². The molecule has 0 spiro atoms. The Hall–Kier alpha value is -0.370. The average molecular weight is 217 g/mol. The molecule has 0 bridgehead atoms. The number of halogens is 2. The van der Waals surface area contributed by atoms with Gasteiger partial charge in [0.1, 0.15) is 5.82 Å². The van der Waals surface area contributed by atoms with Gasteiger partial charge in [-0.3, -0.25) is 0 Å². The third-order valence-corrected chi connectivity index (χ3v) is 2.30. The normalized spacial score (nSPS) is 10.2. The van der Waals surface area contributed by atoms with E-state index in [4.69, 9.17) is 0 Å². The topological polar surface area (TPSA) is 0 Å². The molecule has 0 radical (unpaired) electrons. The van der Waals surface area contributed by atoms with E-state index < -0.39 is 0 Å². The van der Waals surface area contributed by atoms with E-state index in [0.717, 1.165) is 22.0 Å². The molecular weight excluding hydrogens is 207 g/mol. The molecule has 0 saturated carbocycles. The summed E-state index contributed by atoms with van der Waals surface area (Å²) in [6.07, 6.45) is 0. The third-order valence-electron chi connectivity index (χ3n) is 1.65. The minimum atomic E-state index is -0.0882. The van der Waals surface area contributed by atoms with Crippen molar-refractivity contribution >= 4 is 15.9 Å². The second-order valence-corrected chi connectivity index (χ2v) is 3.24. The molecule has 0 N–H and O–H groups in total. The second kappa shape index (κ2) is 3.35. The van der Waals surface area contributed by atoms with Gasteiger partial charge in [-0.15, -0.1) is 0 Å². The van der Waals surface area contributed by atoms with Crippen LogP contribution < -0.4 is 0 Å². The molecule has 0 aliphatic rings. The summed E-state index contributed by atoms with van der Waals surface area (Å²) >= 11 is 3.33. The van der Waals surface area contributed by atoms with Gasteiger partial charge in [0.05, 0.1) is 0 Å². The van der Waals surface area contributed by atoms with Crippen LogP contribution in [0.5, 0.6) is 0 Å². The van der Waals surface area contributed by atoms with Crippen LogP contribution in [-0.2, 0) is 5.33 Å². The van der Waals surface area contributed by atoms with Gasteiger partial charge in [0.25, 0.3) is 0 Å². The molecule has 0 aliphatic heterocycles. The highest BCUT2D eigenvalue weighted by atomic mass is 79.9. The first-order valence-electron chi connectivity index (χ1n) is 3.46. The van der Waals surface area contributed by atoms with Crippen molar-refractivity contribution in [2.45, 2.75) is 19.2 Å². The van der Waals surface area contributed by atoms with Gasteiger partial charge >= 0.3 is 0 Å². The molecule has 0 unspecified atom stereocenters. The monoisotopic (exact) mass is 216 g/mol. The minimum absolute atomic E-state index is 0.0882. The lowest BCUT2D eigenvalue weighted by molar-refractivity contribution is 0.608. The number of hydrogen-bond donors (Lipinski definition) is 0. The van der Waals surface area contributed by atoms with Gasteiger partial charge in [0, 0.05) is 5.33 Å². The van der Waals surface area contributed by atoms with Crippen molar-refractivity contribution in [2.75, 3.05) is 0 Å². The van der Waals surface area contributed by atoms with E-state index in [0.29, 0.717) is 0 Å². The lowest BCUT2D eigenvalue weighted by Crippen LogP contribution is -1.90. The van der Waals surface area contributed by atoms with Gasteiger partial charge in [0.15, 0.2) is 0 Å². The van der Waals surface area contributed by atoms with Crippen LogP contribution >= 0.6 is 15.9 Å². The maximum Gasteiger partial charge on any atom is 0.129 e. The fourth-order valence-corrected chi connectivity index (χ4v) is 1.44. The minimum Gasteiger partial charge on any atom is -0.206 e. The number of aryl methyl sites for hydroxylation is 2. The lowest BCUT2D eigenvalue weighted by atomic mass is 10.1. The quantitative estimate of drug-likeness (QED) is 0.633. The van der Waals surface area contributed by atoms with Crippen LogP contribution in [0.25, 0.3) is 0 Å². The summed E-state index contributed by atoms with van der Waals surface area (Å²) in [4.78, 5) is 0. The smallest absolute Gasteiger partial charge is 0.129 e. The molecule has 0 amide bonds. The zero-order chi connectivity index (χ0) is 8.43. The molecule has 0 nitrogen and oxygen atoms in total. The molecule has 0 saturated heterocycles. The van der Waals surface area contributed by atoms with Gasteiger partial charge < -0.3 is 0 Å². The predicted molar refractivity (Wildman–Crippen MR) is 48.5 cm³/mol. The number of rotatable bonds is 1. The second-order valence-electron chi connectivity index (χ2n) is 2.68. The van der Waals surface area contributed by atoms with Crippen LogP contribution in [0.4, 0.5) is 4.39 Å². The molecule has 0 heterocycles. The van der Waals surface area contributed by atoms with Crippen molar-refractivity contribution in [3.8, 4) is 0 Å². The van der Waals surface area contributed by atoms with Crippen LogP contribution in [0.1, 0.15) is 16.7 Å². The molecule has 0 atom stereocenters. The van der Waals surface area contributed by atoms with Crippen LogP contribution in [-0.4, -0.2) is 0 Å². The first kappa shape index (κ1) is 8.72. The van der Waals surface area contributed by atoms with Crippen molar-refractivity contribution in [1.82, 2.24) is 0 Å². The molecule has 0 aromatic heterocycles. The molecule has 0 aliphatic carbocycles. The molecule has 0 fully saturated rings. The molecule has 11 heavy (non-hydrogen) atoms. The van der Waals surface area contributed by atoms with Crippen LogP contribution in [0.15, 0.2) is 12.1 Å². The molecule has 1 rings (SSSR count). The highest BCUT2D eigenvalue weighted by molar-refractivity contribution is 9.08. The van der Waals surface area contributed by atoms with E-state index in [9.17, 15) is 4.39 Å². The van der Waals surface area contributed by atoms with Gasteiger partial charge in [-0.25, -0.2) is 4.39 Å². The summed E-state index contributed by atoms with van der Waals surface area (Å²) in [5.41, 5.74) is 2.57. The van der Waals surface area contributed by atoms with Gasteiger partial charge in [-0.05, 0) is 30.5 Å². The average Bonchev–Trinajstić information content (AvgIpc) is 1.99. The Bertz CT molecular complexity index is 245. The van der Waals surface area contributed by atoms with Crippen molar-refractivity contribution in [1.29, 1.82) is 0 Å². The maximum atomic E-state index is 13.0. The van der Waals surface area contributed by atoms with Crippen LogP contribution in [0.3, 0.4) is 0 Å². The lowest BCUT2D eigenvalue weighted by Gasteiger charge is -2.03. The summed E-state index contributed by atoms with van der Waals surface area (Å²) in [6, 6.07) is 3.72. The molecule has 1 aromatic rings. The van der Waals surface area contributed by atoms with Crippen molar-refractivity contribution < 1.29 is 4.39 Å². The largest absolute Gasteiger partial charge is 0.206 e. The highest BCUT2D eigenvalue weighted by Gasteiger charge is 2.02. The number of benzene rings is 1. The summed E-state index contributed by atoms with van der Waals surface area (Å²) in [5.74, 6) is -0.0882. The Morgan fingerprint density at radius 3 is 2.09 bits per heavy atom. The standard InChI is InChI=1S/C9H10BrF/c1-6-3-8(5-10)4-7(2)9(6)11/h3-4H,5H2,1-2H3. The third kappa shape index (κ3) is 1.80. The number of hydrogen-bond acceptors (Lipinski definition) is 0. The Balaban J connectivity index is 3.21.